The lowest BCUT2D eigenvalue weighted by Crippen LogP contribution is -1.98. The Morgan fingerprint density at radius 2 is 1.88 bits per heavy atom. The Kier molecular flexibility index (Phi) is 3.12. The molecule has 1 aromatic heterocycles. The summed E-state index contributed by atoms with van der Waals surface area (Å²) in [7, 11) is 0. The highest BCUT2D eigenvalue weighted by molar-refractivity contribution is 6.35. The van der Waals surface area contributed by atoms with Crippen molar-refractivity contribution in [3.05, 3.63) is 40.4 Å². The number of hydrogen-bond acceptors (Lipinski definition) is 4. The van der Waals surface area contributed by atoms with Gasteiger partial charge < -0.3 is 11.1 Å². The van der Waals surface area contributed by atoms with Gasteiger partial charge in [0.15, 0.2) is 5.82 Å². The van der Waals surface area contributed by atoms with Crippen LogP contribution in [-0.2, 0) is 0 Å². The molecule has 1 heterocycles. The first kappa shape index (κ1) is 11.0. The van der Waals surface area contributed by atoms with Gasteiger partial charge in [0.2, 0.25) is 0 Å². The van der Waals surface area contributed by atoms with Crippen LogP contribution in [0.15, 0.2) is 30.3 Å². The number of halogens is 2. The maximum Gasteiger partial charge on any atom is 0.153 e. The molecule has 4 nitrogen and oxygen atoms in total. The van der Waals surface area contributed by atoms with E-state index in [1.165, 1.54) is 0 Å². The number of hydrogen-bond donors (Lipinski definition) is 2. The SMILES string of the molecule is Nc1ccc(Nc2cc(Cl)ccc2Cl)nn1. The van der Waals surface area contributed by atoms with E-state index in [0.29, 0.717) is 27.4 Å². The van der Waals surface area contributed by atoms with E-state index in [2.05, 4.69) is 15.5 Å². The minimum absolute atomic E-state index is 0.364. The summed E-state index contributed by atoms with van der Waals surface area (Å²) >= 11 is 11.8. The number of nitrogen functional groups attached to an aromatic ring is 1. The Balaban J connectivity index is 2.26. The largest absolute Gasteiger partial charge is 0.382 e. The summed E-state index contributed by atoms with van der Waals surface area (Å²) in [6, 6.07) is 8.48. The standard InChI is InChI=1S/C10H8Cl2N4/c11-6-1-2-7(12)8(5-6)14-10-4-3-9(13)15-16-10/h1-5H,(H2,13,15)(H,14,16). The quantitative estimate of drug-likeness (QED) is 0.865. The molecule has 0 aliphatic rings. The lowest BCUT2D eigenvalue weighted by molar-refractivity contribution is 1.05. The lowest BCUT2D eigenvalue weighted by Gasteiger charge is -2.07. The van der Waals surface area contributed by atoms with Crippen LogP contribution < -0.4 is 11.1 Å². The molecule has 0 saturated carbocycles. The summed E-state index contributed by atoms with van der Waals surface area (Å²) in [6.07, 6.45) is 0. The highest BCUT2D eigenvalue weighted by atomic mass is 35.5. The van der Waals surface area contributed by atoms with E-state index in [4.69, 9.17) is 28.9 Å². The van der Waals surface area contributed by atoms with Gasteiger partial charge in [0.25, 0.3) is 0 Å². The van der Waals surface area contributed by atoms with Gasteiger partial charge in [0, 0.05) is 5.02 Å². The average Bonchev–Trinajstić information content (AvgIpc) is 2.27. The van der Waals surface area contributed by atoms with Crippen LogP contribution >= 0.6 is 23.2 Å². The number of anilines is 3. The van der Waals surface area contributed by atoms with Crippen molar-refractivity contribution < 1.29 is 0 Å². The molecule has 0 unspecified atom stereocenters. The van der Waals surface area contributed by atoms with Crippen LogP contribution in [-0.4, -0.2) is 10.2 Å². The molecule has 0 fully saturated rings. The maximum atomic E-state index is 5.98. The second-order valence-electron chi connectivity index (χ2n) is 3.09. The van der Waals surface area contributed by atoms with Crippen molar-refractivity contribution in [2.24, 2.45) is 0 Å². The summed E-state index contributed by atoms with van der Waals surface area (Å²) in [6.45, 7) is 0. The Labute approximate surface area is 102 Å². The van der Waals surface area contributed by atoms with Crippen molar-refractivity contribution in [1.29, 1.82) is 0 Å². The van der Waals surface area contributed by atoms with Gasteiger partial charge in [-0.05, 0) is 30.3 Å². The van der Waals surface area contributed by atoms with Gasteiger partial charge >= 0.3 is 0 Å². The minimum atomic E-state index is 0.364. The Morgan fingerprint density at radius 1 is 1.06 bits per heavy atom. The fourth-order valence-electron chi connectivity index (χ4n) is 1.14. The molecule has 16 heavy (non-hydrogen) atoms. The molecule has 0 amide bonds. The number of nitrogens with two attached hydrogens (primary N) is 1. The second kappa shape index (κ2) is 4.55. The van der Waals surface area contributed by atoms with Gasteiger partial charge in [0.05, 0.1) is 10.7 Å². The number of nitrogens with one attached hydrogen (secondary N) is 1. The molecule has 0 aliphatic carbocycles. The van der Waals surface area contributed by atoms with Crippen molar-refractivity contribution in [3.63, 3.8) is 0 Å². The molecule has 82 valence electrons. The molecule has 0 spiro atoms. The van der Waals surface area contributed by atoms with Crippen molar-refractivity contribution in [3.8, 4) is 0 Å². The molecule has 0 aliphatic heterocycles. The van der Waals surface area contributed by atoms with Crippen molar-refractivity contribution >= 4 is 40.5 Å². The van der Waals surface area contributed by atoms with Crippen molar-refractivity contribution in [1.82, 2.24) is 10.2 Å². The van der Waals surface area contributed by atoms with E-state index in [-0.39, 0.29) is 0 Å². The average molecular weight is 255 g/mol. The molecule has 0 atom stereocenters. The topological polar surface area (TPSA) is 63.8 Å². The van der Waals surface area contributed by atoms with E-state index in [0.717, 1.165) is 0 Å². The van der Waals surface area contributed by atoms with Crippen LogP contribution in [0.25, 0.3) is 0 Å². The van der Waals surface area contributed by atoms with E-state index in [1.807, 2.05) is 0 Å². The molecular formula is C10H8Cl2N4. The highest BCUT2D eigenvalue weighted by Crippen LogP contribution is 2.27. The van der Waals surface area contributed by atoms with Gasteiger partial charge in [-0.25, -0.2) is 0 Å². The molecule has 0 radical (unpaired) electrons. The first-order valence-corrected chi connectivity index (χ1v) is 5.22. The molecule has 0 bridgehead atoms. The van der Waals surface area contributed by atoms with Crippen molar-refractivity contribution in [2.75, 3.05) is 11.1 Å². The summed E-state index contributed by atoms with van der Waals surface area (Å²) in [5, 5.41) is 11.7. The number of rotatable bonds is 2. The zero-order chi connectivity index (χ0) is 11.5. The van der Waals surface area contributed by atoms with E-state index in [1.54, 1.807) is 30.3 Å². The normalized spacial score (nSPS) is 10.1. The Bertz CT molecular complexity index is 499. The number of benzene rings is 1. The smallest absolute Gasteiger partial charge is 0.153 e. The zero-order valence-corrected chi connectivity index (χ0v) is 9.63. The van der Waals surface area contributed by atoms with Crippen LogP contribution in [0.3, 0.4) is 0 Å². The molecule has 1 aromatic carbocycles. The summed E-state index contributed by atoms with van der Waals surface area (Å²) in [4.78, 5) is 0. The van der Waals surface area contributed by atoms with Crippen LogP contribution in [0.2, 0.25) is 10.0 Å². The highest BCUT2D eigenvalue weighted by Gasteiger charge is 2.02. The molecule has 2 rings (SSSR count). The first-order valence-electron chi connectivity index (χ1n) is 4.46. The molecule has 6 heteroatoms. The third-order valence-electron chi connectivity index (χ3n) is 1.88. The molecule has 3 N–H and O–H groups in total. The van der Waals surface area contributed by atoms with Crippen molar-refractivity contribution in [2.45, 2.75) is 0 Å². The summed E-state index contributed by atoms with van der Waals surface area (Å²) in [5.41, 5.74) is 6.10. The number of aromatic nitrogens is 2. The molecular weight excluding hydrogens is 247 g/mol. The predicted molar refractivity (Wildman–Crippen MR) is 66.2 cm³/mol. The van der Waals surface area contributed by atoms with Gasteiger partial charge in [-0.3, -0.25) is 0 Å². The van der Waals surface area contributed by atoms with Crippen LogP contribution in [0, 0.1) is 0 Å². The van der Waals surface area contributed by atoms with Gasteiger partial charge in [-0.15, -0.1) is 10.2 Å². The minimum Gasteiger partial charge on any atom is -0.382 e. The Hall–Kier alpha value is -1.52. The summed E-state index contributed by atoms with van der Waals surface area (Å²) < 4.78 is 0. The second-order valence-corrected chi connectivity index (χ2v) is 3.94. The van der Waals surface area contributed by atoms with Gasteiger partial charge in [-0.2, -0.15) is 0 Å². The third-order valence-corrected chi connectivity index (χ3v) is 2.44. The predicted octanol–water partition coefficient (Wildman–Crippen LogP) is 3.11. The van der Waals surface area contributed by atoms with Gasteiger partial charge in [-0.1, -0.05) is 23.2 Å². The van der Waals surface area contributed by atoms with Crippen LogP contribution in [0.5, 0.6) is 0 Å². The fourth-order valence-corrected chi connectivity index (χ4v) is 1.48. The molecule has 0 saturated heterocycles. The van der Waals surface area contributed by atoms with E-state index in [9.17, 15) is 0 Å². The first-order chi connectivity index (χ1) is 7.65. The number of nitrogens with zero attached hydrogens (tertiary/aromatic N) is 2. The maximum absolute atomic E-state index is 5.98. The van der Waals surface area contributed by atoms with Gasteiger partial charge in [0.1, 0.15) is 5.82 Å². The van der Waals surface area contributed by atoms with E-state index < -0.39 is 0 Å². The van der Waals surface area contributed by atoms with Crippen LogP contribution in [0.4, 0.5) is 17.3 Å². The fraction of sp³-hybridized carbons (Fsp3) is 0. The zero-order valence-electron chi connectivity index (χ0n) is 8.11. The third kappa shape index (κ3) is 2.53. The monoisotopic (exact) mass is 254 g/mol. The Morgan fingerprint density at radius 3 is 2.56 bits per heavy atom. The van der Waals surface area contributed by atoms with Crippen LogP contribution in [0.1, 0.15) is 0 Å². The lowest BCUT2D eigenvalue weighted by atomic mass is 10.3. The van der Waals surface area contributed by atoms with E-state index >= 15 is 0 Å². The summed E-state index contributed by atoms with van der Waals surface area (Å²) in [5.74, 6) is 0.918. The molecule has 2 aromatic rings.